The number of hydrogen-bond acceptors (Lipinski definition) is 2. The fraction of sp³-hybridized carbons (Fsp3) is 0.769. The van der Waals surface area contributed by atoms with Gasteiger partial charge in [0.2, 0.25) is 0 Å². The standard InChI is InChI=1S/C13H22O2/c1-5-9(2)13(14)15-12-7-6-10(3)11(4)8-12/h10-12H,2,5-8H2,1,3-4H3. The molecule has 0 heterocycles. The Bertz CT molecular complexity index is 245. The maximum atomic E-state index is 11.5. The van der Waals surface area contributed by atoms with E-state index in [1.165, 1.54) is 0 Å². The molecule has 1 fully saturated rings. The van der Waals surface area contributed by atoms with Crippen LogP contribution in [-0.4, -0.2) is 12.1 Å². The predicted octanol–water partition coefficient (Wildman–Crippen LogP) is 3.32. The summed E-state index contributed by atoms with van der Waals surface area (Å²) in [6, 6.07) is 0. The topological polar surface area (TPSA) is 26.3 Å². The highest BCUT2D eigenvalue weighted by atomic mass is 16.5. The van der Waals surface area contributed by atoms with Gasteiger partial charge in [-0.25, -0.2) is 4.79 Å². The van der Waals surface area contributed by atoms with Gasteiger partial charge in [0.15, 0.2) is 0 Å². The van der Waals surface area contributed by atoms with E-state index in [1.807, 2.05) is 6.92 Å². The third-order valence-electron chi connectivity index (χ3n) is 3.54. The van der Waals surface area contributed by atoms with E-state index in [9.17, 15) is 4.79 Å². The number of esters is 1. The molecule has 1 saturated carbocycles. The maximum Gasteiger partial charge on any atom is 0.333 e. The van der Waals surface area contributed by atoms with Gasteiger partial charge in [-0.2, -0.15) is 0 Å². The lowest BCUT2D eigenvalue weighted by molar-refractivity contribution is -0.147. The van der Waals surface area contributed by atoms with Gasteiger partial charge in [0, 0.05) is 5.57 Å². The van der Waals surface area contributed by atoms with Crippen LogP contribution in [0, 0.1) is 11.8 Å². The molecule has 0 N–H and O–H groups in total. The Balaban J connectivity index is 2.40. The molecule has 86 valence electrons. The van der Waals surface area contributed by atoms with Crippen molar-refractivity contribution in [3.8, 4) is 0 Å². The Hall–Kier alpha value is -0.790. The Morgan fingerprint density at radius 1 is 1.33 bits per heavy atom. The first-order valence-electron chi connectivity index (χ1n) is 5.93. The molecule has 2 heteroatoms. The molecule has 0 spiro atoms. The normalized spacial score (nSPS) is 31.0. The number of ether oxygens (including phenoxy) is 1. The van der Waals surface area contributed by atoms with E-state index in [4.69, 9.17) is 4.74 Å². The lowest BCUT2D eigenvalue weighted by atomic mass is 9.80. The number of hydrogen-bond donors (Lipinski definition) is 0. The molecule has 15 heavy (non-hydrogen) atoms. The van der Waals surface area contributed by atoms with Crippen molar-refractivity contribution >= 4 is 5.97 Å². The molecule has 3 unspecified atom stereocenters. The SMILES string of the molecule is C=C(CC)C(=O)OC1CCC(C)C(C)C1. The highest BCUT2D eigenvalue weighted by Gasteiger charge is 2.27. The van der Waals surface area contributed by atoms with Crippen molar-refractivity contribution in [1.82, 2.24) is 0 Å². The molecule has 0 radical (unpaired) electrons. The fourth-order valence-corrected chi connectivity index (χ4v) is 1.98. The monoisotopic (exact) mass is 210 g/mol. The molecule has 2 nitrogen and oxygen atoms in total. The van der Waals surface area contributed by atoms with Crippen LogP contribution >= 0.6 is 0 Å². The zero-order chi connectivity index (χ0) is 11.4. The largest absolute Gasteiger partial charge is 0.459 e. The van der Waals surface area contributed by atoms with Gasteiger partial charge in [-0.3, -0.25) is 0 Å². The maximum absolute atomic E-state index is 11.5. The molecule has 0 bridgehead atoms. The van der Waals surface area contributed by atoms with Crippen molar-refractivity contribution in [1.29, 1.82) is 0 Å². The summed E-state index contributed by atoms with van der Waals surface area (Å²) in [6.07, 6.45) is 3.97. The van der Waals surface area contributed by atoms with Crippen LogP contribution in [0.15, 0.2) is 12.2 Å². The van der Waals surface area contributed by atoms with Crippen LogP contribution in [0.1, 0.15) is 46.5 Å². The Kier molecular flexibility index (Phi) is 4.37. The van der Waals surface area contributed by atoms with Gasteiger partial charge < -0.3 is 4.74 Å². The molecule has 1 aliphatic rings. The zero-order valence-electron chi connectivity index (χ0n) is 10.1. The highest BCUT2D eigenvalue weighted by Crippen LogP contribution is 2.31. The van der Waals surface area contributed by atoms with Crippen LogP contribution in [0.5, 0.6) is 0 Å². The minimum Gasteiger partial charge on any atom is -0.459 e. The van der Waals surface area contributed by atoms with E-state index >= 15 is 0 Å². The Labute approximate surface area is 92.7 Å². The van der Waals surface area contributed by atoms with Crippen LogP contribution in [0.25, 0.3) is 0 Å². The summed E-state index contributed by atoms with van der Waals surface area (Å²) in [7, 11) is 0. The molecular weight excluding hydrogens is 188 g/mol. The number of rotatable bonds is 3. The molecular formula is C13H22O2. The van der Waals surface area contributed by atoms with Gasteiger partial charge >= 0.3 is 5.97 Å². The number of carbonyl (C=O) groups excluding carboxylic acids is 1. The van der Waals surface area contributed by atoms with Gasteiger partial charge in [0.05, 0.1) is 0 Å². The number of carbonyl (C=O) groups is 1. The predicted molar refractivity (Wildman–Crippen MR) is 61.5 cm³/mol. The van der Waals surface area contributed by atoms with Crippen LogP contribution in [0.4, 0.5) is 0 Å². The van der Waals surface area contributed by atoms with Gasteiger partial charge in [-0.15, -0.1) is 0 Å². The summed E-state index contributed by atoms with van der Waals surface area (Å²) in [5, 5.41) is 0. The minimum absolute atomic E-state index is 0.118. The van der Waals surface area contributed by atoms with Crippen molar-refractivity contribution in [3.05, 3.63) is 12.2 Å². The van der Waals surface area contributed by atoms with Crippen molar-refractivity contribution in [3.63, 3.8) is 0 Å². The first-order valence-corrected chi connectivity index (χ1v) is 5.93. The second kappa shape index (κ2) is 5.34. The molecule has 0 aromatic carbocycles. The van der Waals surface area contributed by atoms with Gasteiger partial charge in [0.1, 0.15) is 6.10 Å². The first kappa shape index (κ1) is 12.3. The summed E-state index contributed by atoms with van der Waals surface area (Å²) < 4.78 is 5.42. The second-order valence-electron chi connectivity index (χ2n) is 4.75. The zero-order valence-corrected chi connectivity index (χ0v) is 10.1. The average Bonchev–Trinajstić information content (AvgIpc) is 2.22. The average molecular weight is 210 g/mol. The summed E-state index contributed by atoms with van der Waals surface area (Å²) >= 11 is 0. The van der Waals surface area contributed by atoms with E-state index < -0.39 is 0 Å². The Morgan fingerprint density at radius 2 is 2.00 bits per heavy atom. The second-order valence-corrected chi connectivity index (χ2v) is 4.75. The van der Waals surface area contributed by atoms with Gasteiger partial charge in [-0.1, -0.05) is 27.4 Å². The summed E-state index contributed by atoms with van der Waals surface area (Å²) in [4.78, 5) is 11.5. The molecule has 0 aromatic heterocycles. The fourth-order valence-electron chi connectivity index (χ4n) is 1.98. The lowest BCUT2D eigenvalue weighted by Crippen LogP contribution is -2.29. The first-order chi connectivity index (χ1) is 7.04. The van der Waals surface area contributed by atoms with Gasteiger partial charge in [0.25, 0.3) is 0 Å². The molecule has 0 aliphatic heterocycles. The van der Waals surface area contributed by atoms with Gasteiger partial charge in [-0.05, 0) is 37.5 Å². The van der Waals surface area contributed by atoms with Crippen molar-refractivity contribution < 1.29 is 9.53 Å². The summed E-state index contributed by atoms with van der Waals surface area (Å²) in [5.74, 6) is 1.21. The molecule has 1 aliphatic carbocycles. The van der Waals surface area contributed by atoms with E-state index in [0.717, 1.165) is 25.2 Å². The van der Waals surface area contributed by atoms with Crippen LogP contribution in [0.2, 0.25) is 0 Å². The Morgan fingerprint density at radius 3 is 2.53 bits per heavy atom. The third-order valence-corrected chi connectivity index (χ3v) is 3.54. The smallest absolute Gasteiger partial charge is 0.333 e. The quantitative estimate of drug-likeness (QED) is 0.527. The van der Waals surface area contributed by atoms with Crippen molar-refractivity contribution in [2.24, 2.45) is 11.8 Å². The third kappa shape index (κ3) is 3.37. The lowest BCUT2D eigenvalue weighted by Gasteiger charge is -2.31. The van der Waals surface area contributed by atoms with Crippen molar-refractivity contribution in [2.45, 2.75) is 52.6 Å². The minimum atomic E-state index is -0.204. The molecule has 0 amide bonds. The molecule has 1 rings (SSSR count). The summed E-state index contributed by atoms with van der Waals surface area (Å²) in [5.41, 5.74) is 0.585. The highest BCUT2D eigenvalue weighted by molar-refractivity contribution is 5.87. The molecule has 0 aromatic rings. The summed E-state index contributed by atoms with van der Waals surface area (Å²) in [6.45, 7) is 10.1. The van der Waals surface area contributed by atoms with Crippen LogP contribution < -0.4 is 0 Å². The van der Waals surface area contributed by atoms with E-state index in [-0.39, 0.29) is 12.1 Å². The molecule has 0 saturated heterocycles. The van der Waals surface area contributed by atoms with Crippen molar-refractivity contribution in [2.75, 3.05) is 0 Å². The van der Waals surface area contributed by atoms with E-state index in [1.54, 1.807) is 0 Å². The van der Waals surface area contributed by atoms with E-state index in [0.29, 0.717) is 17.9 Å². The van der Waals surface area contributed by atoms with E-state index in [2.05, 4.69) is 20.4 Å². The van der Waals surface area contributed by atoms with Crippen LogP contribution in [0.3, 0.4) is 0 Å². The van der Waals surface area contributed by atoms with Crippen LogP contribution in [-0.2, 0) is 9.53 Å². The molecule has 3 atom stereocenters.